The molecule has 1 fully saturated rings. The molecule has 24 heavy (non-hydrogen) atoms. The number of hydrogen-bond donors (Lipinski definition) is 0. The highest BCUT2D eigenvalue weighted by Gasteiger charge is 2.27. The number of ether oxygens (including phenoxy) is 2. The minimum atomic E-state index is 0.0343. The highest BCUT2D eigenvalue weighted by Crippen LogP contribution is 2.23. The van der Waals surface area contributed by atoms with Crippen LogP contribution < -0.4 is 4.74 Å². The molecule has 7 heteroatoms. The first-order chi connectivity index (χ1) is 11.7. The summed E-state index contributed by atoms with van der Waals surface area (Å²) in [7, 11) is 3.16. The molecule has 1 aliphatic rings. The largest absolute Gasteiger partial charge is 0.497 e. The first kappa shape index (κ1) is 16.4. The minimum Gasteiger partial charge on any atom is -0.497 e. The Kier molecular flexibility index (Phi) is 5.10. The van der Waals surface area contributed by atoms with E-state index in [2.05, 4.69) is 10.1 Å². The first-order valence-corrected chi connectivity index (χ1v) is 7.93. The van der Waals surface area contributed by atoms with Crippen LogP contribution >= 0.6 is 0 Å². The molecule has 128 valence electrons. The number of amides is 1. The fourth-order valence-corrected chi connectivity index (χ4v) is 2.89. The van der Waals surface area contributed by atoms with Crippen LogP contribution in [0, 0.1) is 5.92 Å². The topological polar surface area (TPSA) is 77.7 Å². The molecule has 3 rings (SSSR count). The molecular weight excluding hydrogens is 310 g/mol. The van der Waals surface area contributed by atoms with E-state index in [1.807, 2.05) is 29.2 Å². The number of hydrogen-bond acceptors (Lipinski definition) is 6. The Balaban J connectivity index is 1.59. The number of carbonyl (C=O) groups excluding carboxylic acids is 1. The van der Waals surface area contributed by atoms with Gasteiger partial charge in [0.2, 0.25) is 5.91 Å². The van der Waals surface area contributed by atoms with Crippen molar-refractivity contribution in [2.75, 3.05) is 33.9 Å². The van der Waals surface area contributed by atoms with Gasteiger partial charge in [-0.15, -0.1) is 0 Å². The van der Waals surface area contributed by atoms with E-state index in [-0.39, 0.29) is 12.5 Å². The van der Waals surface area contributed by atoms with E-state index < -0.39 is 0 Å². The van der Waals surface area contributed by atoms with E-state index in [0.717, 1.165) is 24.3 Å². The van der Waals surface area contributed by atoms with Gasteiger partial charge < -0.3 is 18.9 Å². The van der Waals surface area contributed by atoms with Gasteiger partial charge in [0.1, 0.15) is 12.4 Å². The van der Waals surface area contributed by atoms with Crippen molar-refractivity contribution in [3.63, 3.8) is 0 Å². The van der Waals surface area contributed by atoms with Crippen LogP contribution in [0.1, 0.15) is 12.2 Å². The predicted molar refractivity (Wildman–Crippen MR) is 86.6 cm³/mol. The Morgan fingerprint density at radius 3 is 2.83 bits per heavy atom. The number of rotatable bonds is 6. The van der Waals surface area contributed by atoms with Gasteiger partial charge in [-0.1, -0.05) is 5.16 Å². The monoisotopic (exact) mass is 331 g/mol. The molecule has 7 nitrogen and oxygen atoms in total. The van der Waals surface area contributed by atoms with Crippen LogP contribution in [-0.2, 0) is 16.0 Å². The van der Waals surface area contributed by atoms with Crippen molar-refractivity contribution in [1.29, 1.82) is 0 Å². The van der Waals surface area contributed by atoms with Crippen molar-refractivity contribution in [1.82, 2.24) is 15.0 Å². The molecule has 1 unspecified atom stereocenters. The Bertz CT molecular complexity index is 683. The van der Waals surface area contributed by atoms with Gasteiger partial charge in [0.25, 0.3) is 5.89 Å². The van der Waals surface area contributed by atoms with Crippen molar-refractivity contribution in [2.24, 2.45) is 5.92 Å². The molecule has 1 saturated heterocycles. The molecule has 1 aromatic heterocycles. The van der Waals surface area contributed by atoms with Crippen molar-refractivity contribution in [3.05, 3.63) is 30.1 Å². The van der Waals surface area contributed by atoms with Gasteiger partial charge >= 0.3 is 0 Å². The second kappa shape index (κ2) is 7.44. The summed E-state index contributed by atoms with van der Waals surface area (Å²) in [6, 6.07) is 7.48. The summed E-state index contributed by atoms with van der Waals surface area (Å²) in [5.41, 5.74) is 0.859. The molecule has 0 N–H and O–H groups in total. The lowest BCUT2D eigenvalue weighted by molar-refractivity contribution is -0.134. The van der Waals surface area contributed by atoms with Crippen LogP contribution in [0.15, 0.2) is 28.8 Å². The maximum atomic E-state index is 11.8. The Morgan fingerprint density at radius 2 is 2.12 bits per heavy atom. The Morgan fingerprint density at radius 1 is 1.33 bits per heavy atom. The third-order valence-corrected chi connectivity index (χ3v) is 4.18. The van der Waals surface area contributed by atoms with Gasteiger partial charge in [0, 0.05) is 32.2 Å². The zero-order valence-electron chi connectivity index (χ0n) is 13.9. The van der Waals surface area contributed by atoms with Gasteiger partial charge in [-0.3, -0.25) is 4.79 Å². The maximum absolute atomic E-state index is 11.8. The van der Waals surface area contributed by atoms with Crippen molar-refractivity contribution in [2.45, 2.75) is 12.8 Å². The standard InChI is InChI=1S/C17H21N3O4/c1-22-11-16(21)20-8-7-12(10-20)9-15-18-17(24-19-15)13-3-5-14(23-2)6-4-13/h3-6,12H,7-11H2,1-2H3. The molecule has 2 heterocycles. The van der Waals surface area contributed by atoms with E-state index in [1.165, 1.54) is 7.11 Å². The van der Waals surface area contributed by atoms with Crippen molar-refractivity contribution < 1.29 is 18.8 Å². The Labute approximate surface area is 140 Å². The summed E-state index contributed by atoms with van der Waals surface area (Å²) in [4.78, 5) is 18.1. The van der Waals surface area contributed by atoms with Gasteiger partial charge in [-0.05, 0) is 36.6 Å². The average molecular weight is 331 g/mol. The minimum absolute atomic E-state index is 0.0343. The molecule has 0 aliphatic carbocycles. The molecule has 1 amide bonds. The van der Waals surface area contributed by atoms with Crippen LogP contribution in [0.4, 0.5) is 0 Å². The lowest BCUT2D eigenvalue weighted by Crippen LogP contribution is -2.31. The number of likely N-dealkylation sites (tertiary alicyclic amines) is 1. The zero-order chi connectivity index (χ0) is 16.9. The maximum Gasteiger partial charge on any atom is 0.257 e. The first-order valence-electron chi connectivity index (χ1n) is 7.93. The van der Waals surface area contributed by atoms with Gasteiger partial charge in [-0.2, -0.15) is 4.98 Å². The quantitative estimate of drug-likeness (QED) is 0.803. The smallest absolute Gasteiger partial charge is 0.257 e. The lowest BCUT2D eigenvalue weighted by atomic mass is 10.1. The molecular formula is C17H21N3O4. The van der Waals surface area contributed by atoms with Crippen LogP contribution in [0.3, 0.4) is 0 Å². The summed E-state index contributed by atoms with van der Waals surface area (Å²) < 4.78 is 15.4. The molecule has 1 aromatic carbocycles. The zero-order valence-corrected chi connectivity index (χ0v) is 13.9. The van der Waals surface area contributed by atoms with Gasteiger partial charge in [0.05, 0.1) is 7.11 Å². The number of methoxy groups -OCH3 is 2. The van der Waals surface area contributed by atoms with Crippen LogP contribution in [0.25, 0.3) is 11.5 Å². The van der Waals surface area contributed by atoms with Crippen molar-refractivity contribution in [3.8, 4) is 17.2 Å². The van der Waals surface area contributed by atoms with Gasteiger partial charge in [0.15, 0.2) is 5.82 Å². The Hall–Kier alpha value is -2.41. The fraction of sp³-hybridized carbons (Fsp3) is 0.471. The second-order valence-corrected chi connectivity index (χ2v) is 5.88. The van der Waals surface area contributed by atoms with Gasteiger partial charge in [-0.25, -0.2) is 0 Å². The molecule has 0 saturated carbocycles. The summed E-state index contributed by atoms with van der Waals surface area (Å²) in [5, 5.41) is 4.06. The van der Waals surface area contributed by atoms with E-state index in [4.69, 9.17) is 14.0 Å². The van der Waals surface area contributed by atoms with E-state index in [9.17, 15) is 4.79 Å². The normalized spacial score (nSPS) is 17.2. The third kappa shape index (κ3) is 3.73. The second-order valence-electron chi connectivity index (χ2n) is 5.88. The summed E-state index contributed by atoms with van der Waals surface area (Å²) in [6.45, 7) is 1.61. The summed E-state index contributed by atoms with van der Waals surface area (Å²) >= 11 is 0. The fourth-order valence-electron chi connectivity index (χ4n) is 2.89. The third-order valence-electron chi connectivity index (χ3n) is 4.18. The summed E-state index contributed by atoms with van der Waals surface area (Å²) in [6.07, 6.45) is 1.65. The molecule has 0 spiro atoms. The molecule has 1 atom stereocenters. The highest BCUT2D eigenvalue weighted by atomic mass is 16.5. The molecule has 2 aromatic rings. The number of carbonyl (C=O) groups is 1. The van der Waals surface area contributed by atoms with Crippen LogP contribution in [0.2, 0.25) is 0 Å². The predicted octanol–water partition coefficient (Wildman–Crippen LogP) is 1.78. The van der Waals surface area contributed by atoms with E-state index in [1.54, 1.807) is 7.11 Å². The average Bonchev–Trinajstić information content (AvgIpc) is 3.25. The SMILES string of the molecule is COCC(=O)N1CCC(Cc2noc(-c3ccc(OC)cc3)n2)C1. The number of aromatic nitrogens is 2. The number of nitrogens with zero attached hydrogens (tertiary/aromatic N) is 3. The van der Waals surface area contributed by atoms with E-state index >= 15 is 0 Å². The van der Waals surface area contributed by atoms with Crippen LogP contribution in [0.5, 0.6) is 5.75 Å². The van der Waals surface area contributed by atoms with Crippen LogP contribution in [-0.4, -0.2) is 54.9 Å². The molecule has 0 bridgehead atoms. The lowest BCUT2D eigenvalue weighted by Gasteiger charge is -2.15. The molecule has 0 radical (unpaired) electrons. The number of benzene rings is 1. The highest BCUT2D eigenvalue weighted by molar-refractivity contribution is 5.77. The van der Waals surface area contributed by atoms with E-state index in [0.29, 0.717) is 30.6 Å². The molecule has 1 aliphatic heterocycles. The van der Waals surface area contributed by atoms with Crippen molar-refractivity contribution >= 4 is 5.91 Å². The summed E-state index contributed by atoms with van der Waals surface area (Å²) in [5.74, 6) is 2.34.